The molecule has 0 bridgehead atoms. The van der Waals surface area contributed by atoms with Gasteiger partial charge in [0.15, 0.2) is 17.5 Å². The molecule has 0 aromatic heterocycles. The highest BCUT2D eigenvalue weighted by atomic mass is 19.4. The van der Waals surface area contributed by atoms with E-state index in [1.165, 1.54) is 19.2 Å². The van der Waals surface area contributed by atoms with Crippen LogP contribution in [0.1, 0.15) is 29.7 Å². The van der Waals surface area contributed by atoms with Gasteiger partial charge in [-0.3, -0.25) is 0 Å². The standard InChI is InChI=1S/C23H22F3N3O4/c1-13-19(21(30)31-3)20(15-5-7-16(8-6-15)23(24,25)26)28-22(29(13)2)27-11-14-4-9-17-18(10-14)33-12-32-17/h4-10,20H,11-12H2,1-3H3,(H,27,28). The van der Waals surface area contributed by atoms with Crippen LogP contribution in [-0.4, -0.2) is 37.8 Å². The van der Waals surface area contributed by atoms with E-state index in [0.717, 1.165) is 17.7 Å². The van der Waals surface area contributed by atoms with Crippen molar-refractivity contribution in [1.29, 1.82) is 0 Å². The minimum Gasteiger partial charge on any atom is -0.466 e. The second-order valence-electron chi connectivity index (χ2n) is 7.57. The number of rotatable bonds is 4. The molecule has 0 saturated carbocycles. The molecule has 1 atom stereocenters. The van der Waals surface area contributed by atoms with Gasteiger partial charge in [0.1, 0.15) is 0 Å². The number of halogens is 3. The molecular weight excluding hydrogens is 439 g/mol. The van der Waals surface area contributed by atoms with Gasteiger partial charge in [0.2, 0.25) is 6.79 Å². The van der Waals surface area contributed by atoms with Crippen LogP contribution in [0.25, 0.3) is 0 Å². The smallest absolute Gasteiger partial charge is 0.416 e. The molecular formula is C23H22F3N3O4. The predicted octanol–water partition coefficient (Wildman–Crippen LogP) is 4.01. The van der Waals surface area contributed by atoms with Crippen LogP contribution in [0.5, 0.6) is 11.5 Å². The highest BCUT2D eigenvalue weighted by Crippen LogP contribution is 2.35. The number of hydrogen-bond donors (Lipinski definition) is 1. The largest absolute Gasteiger partial charge is 0.466 e. The van der Waals surface area contributed by atoms with Crippen molar-refractivity contribution in [1.82, 2.24) is 10.2 Å². The third-order valence-electron chi connectivity index (χ3n) is 5.60. The van der Waals surface area contributed by atoms with Gasteiger partial charge in [-0.05, 0) is 42.3 Å². The fraction of sp³-hybridized carbons (Fsp3) is 0.304. The molecule has 1 N–H and O–H groups in total. The van der Waals surface area contributed by atoms with Crippen LogP contribution in [0, 0.1) is 0 Å². The van der Waals surface area contributed by atoms with E-state index in [4.69, 9.17) is 14.2 Å². The minimum absolute atomic E-state index is 0.173. The van der Waals surface area contributed by atoms with Gasteiger partial charge in [0, 0.05) is 12.7 Å². The van der Waals surface area contributed by atoms with Crippen LogP contribution in [0.3, 0.4) is 0 Å². The Morgan fingerprint density at radius 1 is 1.18 bits per heavy atom. The number of carbonyl (C=O) groups excluding carboxylic acids is 1. The third-order valence-corrected chi connectivity index (χ3v) is 5.60. The number of aliphatic imine (C=N–C) groups is 1. The molecule has 0 amide bonds. The first-order chi connectivity index (χ1) is 15.7. The molecule has 4 rings (SSSR count). The van der Waals surface area contributed by atoms with Crippen LogP contribution in [0.2, 0.25) is 0 Å². The number of ether oxygens (including phenoxy) is 3. The number of methoxy groups -OCH3 is 1. The summed E-state index contributed by atoms with van der Waals surface area (Å²) in [6.07, 6.45) is -4.45. The molecule has 2 aromatic rings. The molecule has 2 aliphatic rings. The first kappa shape index (κ1) is 22.5. The molecule has 10 heteroatoms. The lowest BCUT2D eigenvalue weighted by atomic mass is 9.94. The van der Waals surface area contributed by atoms with Crippen molar-refractivity contribution in [3.63, 3.8) is 0 Å². The lowest BCUT2D eigenvalue weighted by Crippen LogP contribution is -2.47. The number of guanidine groups is 1. The SMILES string of the molecule is COC(=O)C1=C(C)N(C)C(=NCc2ccc3c(c2)OCO3)NC1c1ccc(C(F)(F)F)cc1. The lowest BCUT2D eigenvalue weighted by Gasteiger charge is -2.36. The summed E-state index contributed by atoms with van der Waals surface area (Å²) >= 11 is 0. The Balaban J connectivity index is 1.66. The van der Waals surface area contributed by atoms with Crippen molar-refractivity contribution in [2.45, 2.75) is 25.7 Å². The summed E-state index contributed by atoms with van der Waals surface area (Å²) < 4.78 is 54.6. The molecule has 2 heterocycles. The van der Waals surface area contributed by atoms with E-state index in [2.05, 4.69) is 10.3 Å². The fourth-order valence-electron chi connectivity index (χ4n) is 3.69. The predicted molar refractivity (Wildman–Crippen MR) is 114 cm³/mol. The van der Waals surface area contributed by atoms with Gasteiger partial charge >= 0.3 is 12.1 Å². The molecule has 0 radical (unpaired) electrons. The summed E-state index contributed by atoms with van der Waals surface area (Å²) in [6.45, 7) is 2.22. The van der Waals surface area contributed by atoms with E-state index in [1.807, 2.05) is 12.1 Å². The van der Waals surface area contributed by atoms with Crippen molar-refractivity contribution in [3.8, 4) is 11.5 Å². The molecule has 2 aliphatic heterocycles. The van der Waals surface area contributed by atoms with Crippen molar-refractivity contribution in [3.05, 3.63) is 70.4 Å². The zero-order valence-corrected chi connectivity index (χ0v) is 18.2. The van der Waals surface area contributed by atoms with Crippen LogP contribution >= 0.6 is 0 Å². The second-order valence-corrected chi connectivity index (χ2v) is 7.57. The second kappa shape index (κ2) is 8.68. The number of allylic oxidation sites excluding steroid dienone is 1. The van der Waals surface area contributed by atoms with E-state index in [9.17, 15) is 18.0 Å². The minimum atomic E-state index is -4.45. The fourth-order valence-corrected chi connectivity index (χ4v) is 3.69. The number of nitrogens with zero attached hydrogens (tertiary/aromatic N) is 2. The molecule has 33 heavy (non-hydrogen) atoms. The Bertz CT molecular complexity index is 1130. The Labute approximate surface area is 188 Å². The van der Waals surface area contributed by atoms with Gasteiger partial charge < -0.3 is 24.4 Å². The maximum absolute atomic E-state index is 13.0. The molecule has 7 nitrogen and oxygen atoms in total. The molecule has 2 aromatic carbocycles. The molecule has 0 aliphatic carbocycles. The van der Waals surface area contributed by atoms with Crippen molar-refractivity contribution in [2.24, 2.45) is 4.99 Å². The molecule has 0 fully saturated rings. The van der Waals surface area contributed by atoms with Crippen molar-refractivity contribution < 1.29 is 32.2 Å². The van der Waals surface area contributed by atoms with Crippen LogP contribution in [0.15, 0.2) is 58.7 Å². The Morgan fingerprint density at radius 2 is 1.88 bits per heavy atom. The number of esters is 1. The number of nitrogens with one attached hydrogen (secondary N) is 1. The van der Waals surface area contributed by atoms with Crippen LogP contribution in [-0.2, 0) is 22.3 Å². The van der Waals surface area contributed by atoms with Crippen molar-refractivity contribution >= 4 is 11.9 Å². The zero-order valence-electron chi connectivity index (χ0n) is 18.2. The number of hydrogen-bond acceptors (Lipinski definition) is 5. The van der Waals surface area contributed by atoms with Gasteiger partial charge in [0.05, 0.1) is 30.8 Å². The van der Waals surface area contributed by atoms with Gasteiger partial charge in [-0.25, -0.2) is 9.79 Å². The topological polar surface area (TPSA) is 72.4 Å². The Hall–Kier alpha value is -3.69. The van der Waals surface area contributed by atoms with E-state index >= 15 is 0 Å². The summed E-state index contributed by atoms with van der Waals surface area (Å²) in [7, 11) is 3.00. The Morgan fingerprint density at radius 3 is 2.55 bits per heavy atom. The first-order valence-electron chi connectivity index (χ1n) is 10.1. The first-order valence-corrected chi connectivity index (χ1v) is 10.1. The maximum Gasteiger partial charge on any atom is 0.416 e. The van der Waals surface area contributed by atoms with Gasteiger partial charge in [-0.1, -0.05) is 18.2 Å². The number of fused-ring (bicyclic) bond motifs is 1. The lowest BCUT2D eigenvalue weighted by molar-refractivity contribution is -0.138. The van der Waals surface area contributed by atoms with E-state index < -0.39 is 23.8 Å². The quantitative estimate of drug-likeness (QED) is 0.694. The van der Waals surface area contributed by atoms with Crippen LogP contribution < -0.4 is 14.8 Å². The highest BCUT2D eigenvalue weighted by Gasteiger charge is 2.35. The normalized spacial score (nSPS) is 19.0. The van der Waals surface area contributed by atoms with Gasteiger partial charge in [-0.15, -0.1) is 0 Å². The maximum atomic E-state index is 13.0. The van der Waals surface area contributed by atoms with Crippen molar-refractivity contribution in [2.75, 3.05) is 21.0 Å². The van der Waals surface area contributed by atoms with Gasteiger partial charge in [0.25, 0.3) is 0 Å². The molecule has 174 valence electrons. The molecule has 1 unspecified atom stereocenters. The molecule has 0 spiro atoms. The number of benzene rings is 2. The summed E-state index contributed by atoms with van der Waals surface area (Å²) in [5, 5.41) is 3.18. The number of carbonyl (C=O) groups is 1. The van der Waals surface area contributed by atoms with Gasteiger partial charge in [-0.2, -0.15) is 13.2 Å². The zero-order chi connectivity index (χ0) is 23.8. The molecule has 0 saturated heterocycles. The summed E-state index contributed by atoms with van der Waals surface area (Å²) in [6, 6.07) is 9.45. The third kappa shape index (κ3) is 4.46. The van der Waals surface area contributed by atoms with E-state index in [0.29, 0.717) is 40.8 Å². The summed E-state index contributed by atoms with van der Waals surface area (Å²) in [4.78, 5) is 18.9. The van der Waals surface area contributed by atoms with Crippen LogP contribution in [0.4, 0.5) is 13.2 Å². The summed E-state index contributed by atoms with van der Waals surface area (Å²) in [5.74, 6) is 1.20. The average molecular weight is 461 g/mol. The van der Waals surface area contributed by atoms with E-state index in [-0.39, 0.29) is 6.79 Å². The monoisotopic (exact) mass is 461 g/mol. The average Bonchev–Trinajstić information content (AvgIpc) is 3.27. The summed E-state index contributed by atoms with van der Waals surface area (Å²) in [5.41, 5.74) is 1.47. The highest BCUT2D eigenvalue weighted by molar-refractivity contribution is 5.96. The number of alkyl halides is 3. The Kier molecular flexibility index (Phi) is 5.92. The van der Waals surface area contributed by atoms with E-state index in [1.54, 1.807) is 24.9 Å².